The van der Waals surface area contributed by atoms with Crippen LogP contribution in [0.5, 0.6) is 0 Å². The monoisotopic (exact) mass is 283 g/mol. The van der Waals surface area contributed by atoms with Crippen molar-refractivity contribution in [1.29, 1.82) is 0 Å². The number of carbonyl (C=O) groups is 3. The van der Waals surface area contributed by atoms with Crippen LogP contribution < -0.4 is 5.32 Å². The molecule has 20 heavy (non-hydrogen) atoms. The fourth-order valence-electron chi connectivity index (χ4n) is 1.39. The molecular formula is C14H21NO5. The Morgan fingerprint density at radius 3 is 2.40 bits per heavy atom. The number of rotatable bonds is 8. The highest BCUT2D eigenvalue weighted by atomic mass is 16.5. The van der Waals surface area contributed by atoms with Gasteiger partial charge in [-0.3, -0.25) is 9.59 Å². The first kappa shape index (κ1) is 17.9. The van der Waals surface area contributed by atoms with Crippen LogP contribution in [0.25, 0.3) is 0 Å². The third kappa shape index (κ3) is 8.91. The summed E-state index contributed by atoms with van der Waals surface area (Å²) in [6.07, 6.45) is 3.48. The van der Waals surface area contributed by atoms with Gasteiger partial charge in [0.25, 0.3) is 0 Å². The van der Waals surface area contributed by atoms with E-state index in [0.717, 1.165) is 0 Å². The molecule has 0 aromatic heterocycles. The standard InChI is InChI=1S/C14H21NO5/c1-5-19-14(18)13(15-11(3)16)9-10(2)7-6-8-20-12(4)17/h6-7,13H,2,5,8-9H2,1,3-4H3,(H,15,16)/b7-6+. The lowest BCUT2D eigenvalue weighted by Crippen LogP contribution is -2.40. The molecule has 0 aromatic rings. The van der Waals surface area contributed by atoms with Gasteiger partial charge >= 0.3 is 11.9 Å². The Balaban J connectivity index is 4.41. The SMILES string of the molecule is C=C(/C=C/COC(C)=O)CC(NC(C)=O)C(=O)OCC. The van der Waals surface area contributed by atoms with Gasteiger partial charge < -0.3 is 14.8 Å². The highest BCUT2D eigenvalue weighted by Gasteiger charge is 2.20. The molecule has 0 aliphatic rings. The third-order valence-electron chi connectivity index (χ3n) is 2.15. The minimum Gasteiger partial charge on any atom is -0.464 e. The molecule has 0 spiro atoms. The Morgan fingerprint density at radius 1 is 1.25 bits per heavy atom. The summed E-state index contributed by atoms with van der Waals surface area (Å²) in [5, 5.41) is 2.51. The predicted octanol–water partition coefficient (Wildman–Crippen LogP) is 1.12. The number of esters is 2. The fourth-order valence-corrected chi connectivity index (χ4v) is 1.39. The Hall–Kier alpha value is -2.11. The maximum atomic E-state index is 11.7. The lowest BCUT2D eigenvalue weighted by molar-refractivity contribution is -0.147. The summed E-state index contributed by atoms with van der Waals surface area (Å²) < 4.78 is 9.59. The molecule has 112 valence electrons. The highest BCUT2D eigenvalue weighted by Crippen LogP contribution is 2.07. The largest absolute Gasteiger partial charge is 0.464 e. The van der Waals surface area contributed by atoms with Gasteiger partial charge in [-0.2, -0.15) is 0 Å². The average Bonchev–Trinajstić information content (AvgIpc) is 2.33. The number of amides is 1. The molecule has 0 aliphatic carbocycles. The van der Waals surface area contributed by atoms with Crippen molar-refractivity contribution >= 4 is 17.8 Å². The summed E-state index contributed by atoms with van der Waals surface area (Å²) in [6, 6.07) is -0.765. The average molecular weight is 283 g/mol. The van der Waals surface area contributed by atoms with Crippen molar-refractivity contribution in [3.8, 4) is 0 Å². The molecular weight excluding hydrogens is 262 g/mol. The van der Waals surface area contributed by atoms with E-state index in [2.05, 4.69) is 11.9 Å². The number of nitrogens with one attached hydrogen (secondary N) is 1. The molecule has 0 fully saturated rings. The lowest BCUT2D eigenvalue weighted by atomic mass is 10.1. The number of allylic oxidation sites excluding steroid dienone is 1. The fraction of sp³-hybridized carbons (Fsp3) is 0.500. The minimum absolute atomic E-state index is 0.137. The lowest BCUT2D eigenvalue weighted by Gasteiger charge is -2.16. The molecule has 0 bridgehead atoms. The normalized spacial score (nSPS) is 11.8. The molecule has 0 heterocycles. The van der Waals surface area contributed by atoms with E-state index in [1.807, 2.05) is 0 Å². The van der Waals surface area contributed by atoms with Gasteiger partial charge in [-0.1, -0.05) is 18.2 Å². The van der Waals surface area contributed by atoms with Crippen molar-refractivity contribution < 1.29 is 23.9 Å². The minimum atomic E-state index is -0.765. The van der Waals surface area contributed by atoms with Crippen molar-refractivity contribution in [2.45, 2.75) is 33.2 Å². The van der Waals surface area contributed by atoms with Gasteiger partial charge in [0, 0.05) is 20.3 Å². The van der Waals surface area contributed by atoms with E-state index in [1.54, 1.807) is 19.1 Å². The molecule has 6 heteroatoms. The van der Waals surface area contributed by atoms with Gasteiger partial charge in [-0.05, 0) is 13.0 Å². The van der Waals surface area contributed by atoms with Gasteiger partial charge in [0.15, 0.2) is 0 Å². The van der Waals surface area contributed by atoms with Crippen LogP contribution in [-0.4, -0.2) is 37.1 Å². The Bertz CT molecular complexity index is 400. The Labute approximate surface area is 118 Å². The van der Waals surface area contributed by atoms with E-state index >= 15 is 0 Å². The molecule has 0 aliphatic heterocycles. The van der Waals surface area contributed by atoms with Crippen LogP contribution in [0, 0.1) is 0 Å². The molecule has 1 N–H and O–H groups in total. The number of carbonyl (C=O) groups excluding carboxylic acids is 3. The number of ether oxygens (including phenoxy) is 2. The summed E-state index contributed by atoms with van der Waals surface area (Å²) >= 11 is 0. The highest BCUT2D eigenvalue weighted by molar-refractivity contribution is 5.83. The third-order valence-corrected chi connectivity index (χ3v) is 2.15. The van der Waals surface area contributed by atoms with Crippen LogP contribution >= 0.6 is 0 Å². The smallest absolute Gasteiger partial charge is 0.328 e. The quantitative estimate of drug-likeness (QED) is 0.533. The first-order valence-corrected chi connectivity index (χ1v) is 6.28. The van der Waals surface area contributed by atoms with Crippen molar-refractivity contribution in [2.75, 3.05) is 13.2 Å². The van der Waals surface area contributed by atoms with E-state index in [-0.39, 0.29) is 31.5 Å². The van der Waals surface area contributed by atoms with Crippen molar-refractivity contribution in [3.05, 3.63) is 24.3 Å². The van der Waals surface area contributed by atoms with E-state index in [0.29, 0.717) is 5.57 Å². The van der Waals surface area contributed by atoms with Crippen molar-refractivity contribution in [2.24, 2.45) is 0 Å². The molecule has 1 amide bonds. The molecule has 6 nitrogen and oxygen atoms in total. The van der Waals surface area contributed by atoms with Gasteiger partial charge in [0.1, 0.15) is 12.6 Å². The van der Waals surface area contributed by atoms with Gasteiger partial charge in [0.05, 0.1) is 6.61 Å². The summed E-state index contributed by atoms with van der Waals surface area (Å²) in [7, 11) is 0. The second kappa shape index (κ2) is 9.77. The topological polar surface area (TPSA) is 81.7 Å². The predicted molar refractivity (Wildman–Crippen MR) is 73.8 cm³/mol. The van der Waals surface area contributed by atoms with Crippen LogP contribution in [-0.2, 0) is 23.9 Å². The van der Waals surface area contributed by atoms with E-state index in [4.69, 9.17) is 9.47 Å². The second-order valence-corrected chi connectivity index (χ2v) is 4.07. The summed E-state index contributed by atoms with van der Waals surface area (Å²) in [6.45, 7) is 8.48. The molecule has 0 saturated carbocycles. The molecule has 0 saturated heterocycles. The number of hydrogen-bond donors (Lipinski definition) is 1. The number of hydrogen-bond acceptors (Lipinski definition) is 5. The summed E-state index contributed by atoms with van der Waals surface area (Å²) in [4.78, 5) is 33.3. The van der Waals surface area contributed by atoms with E-state index < -0.39 is 12.0 Å². The Kier molecular flexibility index (Phi) is 8.74. The zero-order valence-electron chi connectivity index (χ0n) is 12.1. The maximum absolute atomic E-state index is 11.7. The van der Waals surface area contributed by atoms with Crippen LogP contribution in [0.4, 0.5) is 0 Å². The maximum Gasteiger partial charge on any atom is 0.328 e. The zero-order chi connectivity index (χ0) is 15.5. The van der Waals surface area contributed by atoms with Gasteiger partial charge in [-0.15, -0.1) is 0 Å². The second-order valence-electron chi connectivity index (χ2n) is 4.07. The van der Waals surface area contributed by atoms with E-state index in [1.165, 1.54) is 13.8 Å². The van der Waals surface area contributed by atoms with Gasteiger partial charge in [0.2, 0.25) is 5.91 Å². The van der Waals surface area contributed by atoms with E-state index in [9.17, 15) is 14.4 Å². The van der Waals surface area contributed by atoms with Crippen LogP contribution in [0.1, 0.15) is 27.2 Å². The zero-order valence-corrected chi connectivity index (χ0v) is 12.1. The summed E-state index contributed by atoms with van der Waals surface area (Å²) in [5.41, 5.74) is 0.615. The van der Waals surface area contributed by atoms with Crippen molar-refractivity contribution in [3.63, 3.8) is 0 Å². The molecule has 1 atom stereocenters. The Morgan fingerprint density at radius 2 is 1.90 bits per heavy atom. The van der Waals surface area contributed by atoms with Crippen LogP contribution in [0.15, 0.2) is 24.3 Å². The molecule has 0 aromatic carbocycles. The molecule has 0 radical (unpaired) electrons. The van der Waals surface area contributed by atoms with Gasteiger partial charge in [-0.25, -0.2) is 4.79 Å². The molecule has 1 unspecified atom stereocenters. The molecule has 0 rings (SSSR count). The van der Waals surface area contributed by atoms with Crippen LogP contribution in [0.3, 0.4) is 0 Å². The van der Waals surface area contributed by atoms with Crippen molar-refractivity contribution in [1.82, 2.24) is 5.32 Å². The summed E-state index contributed by atoms with van der Waals surface area (Å²) in [5.74, 6) is -1.19. The first-order valence-electron chi connectivity index (χ1n) is 6.28. The first-order chi connectivity index (χ1) is 9.36. The van der Waals surface area contributed by atoms with Crippen LogP contribution in [0.2, 0.25) is 0 Å².